The van der Waals surface area contributed by atoms with E-state index in [1.807, 2.05) is 23.9 Å². The summed E-state index contributed by atoms with van der Waals surface area (Å²) in [5.41, 5.74) is 7.02. The van der Waals surface area contributed by atoms with E-state index < -0.39 is 0 Å². The average molecular weight is 278 g/mol. The second-order valence-electron chi connectivity index (χ2n) is 4.18. The first kappa shape index (κ1) is 14.2. The van der Waals surface area contributed by atoms with Crippen LogP contribution in [0.4, 0.5) is 0 Å². The van der Waals surface area contributed by atoms with Crippen LogP contribution >= 0.6 is 35.0 Å². The molecule has 0 amide bonds. The first-order valence-corrected chi connectivity index (χ1v) is 7.20. The van der Waals surface area contributed by atoms with E-state index in [0.29, 0.717) is 16.0 Å². The lowest BCUT2D eigenvalue weighted by Crippen LogP contribution is -2.14. The van der Waals surface area contributed by atoms with Gasteiger partial charge in [0.15, 0.2) is 0 Å². The van der Waals surface area contributed by atoms with Crippen molar-refractivity contribution in [2.45, 2.75) is 19.9 Å². The molecule has 0 bridgehead atoms. The minimum absolute atomic E-state index is 0.0463. The molecule has 1 aromatic carbocycles. The zero-order valence-corrected chi connectivity index (χ0v) is 11.9. The highest BCUT2D eigenvalue weighted by molar-refractivity contribution is 7.99. The van der Waals surface area contributed by atoms with Crippen LogP contribution in [0.15, 0.2) is 18.2 Å². The van der Waals surface area contributed by atoms with Crippen LogP contribution in [0.1, 0.15) is 25.5 Å². The van der Waals surface area contributed by atoms with Crippen molar-refractivity contribution in [2.24, 2.45) is 11.7 Å². The summed E-state index contributed by atoms with van der Waals surface area (Å²) in [6, 6.07) is 5.56. The first-order chi connectivity index (χ1) is 7.52. The molecule has 0 saturated carbocycles. The third-order valence-corrected chi connectivity index (χ3v) is 4.46. The van der Waals surface area contributed by atoms with Gasteiger partial charge in [0.1, 0.15) is 0 Å². The second-order valence-corrected chi connectivity index (χ2v) is 6.04. The Kier molecular flexibility index (Phi) is 5.98. The van der Waals surface area contributed by atoms with E-state index in [-0.39, 0.29) is 6.04 Å². The lowest BCUT2D eigenvalue weighted by molar-refractivity contribution is 0.746. The Morgan fingerprint density at radius 2 is 1.94 bits per heavy atom. The summed E-state index contributed by atoms with van der Waals surface area (Å²) >= 11 is 13.9. The smallest absolute Gasteiger partial charge is 0.0640 e. The first-order valence-electron chi connectivity index (χ1n) is 5.29. The van der Waals surface area contributed by atoms with Gasteiger partial charge >= 0.3 is 0 Å². The molecule has 1 rings (SSSR count). The molecule has 16 heavy (non-hydrogen) atoms. The summed E-state index contributed by atoms with van der Waals surface area (Å²) in [5.74, 6) is 2.68. The minimum atomic E-state index is -0.0463. The van der Waals surface area contributed by atoms with Gasteiger partial charge in [-0.05, 0) is 23.3 Å². The number of halogens is 2. The van der Waals surface area contributed by atoms with Crippen LogP contribution in [0.5, 0.6) is 0 Å². The lowest BCUT2D eigenvalue weighted by Gasteiger charge is -2.14. The molecule has 0 radical (unpaired) electrons. The third kappa shape index (κ3) is 4.17. The number of hydrogen-bond donors (Lipinski definition) is 1. The normalized spacial score (nSPS) is 13.1. The fourth-order valence-corrected chi connectivity index (χ4v) is 2.82. The van der Waals surface area contributed by atoms with Crippen molar-refractivity contribution in [2.75, 3.05) is 11.5 Å². The SMILES string of the molecule is CC(C)CSCC(N)c1cccc(Cl)c1Cl. The molecular formula is C12H17Cl2NS. The summed E-state index contributed by atoms with van der Waals surface area (Å²) in [7, 11) is 0. The minimum Gasteiger partial charge on any atom is -0.323 e. The van der Waals surface area contributed by atoms with Crippen LogP contribution in [-0.4, -0.2) is 11.5 Å². The fourth-order valence-electron chi connectivity index (χ4n) is 1.33. The predicted octanol–water partition coefficient (Wildman–Crippen LogP) is 4.38. The lowest BCUT2D eigenvalue weighted by atomic mass is 10.1. The van der Waals surface area contributed by atoms with E-state index in [0.717, 1.165) is 17.1 Å². The number of nitrogens with two attached hydrogens (primary N) is 1. The quantitative estimate of drug-likeness (QED) is 0.864. The number of thioether (sulfide) groups is 1. The highest BCUT2D eigenvalue weighted by atomic mass is 35.5. The van der Waals surface area contributed by atoms with Gasteiger partial charge in [-0.1, -0.05) is 49.2 Å². The number of rotatable bonds is 5. The molecule has 1 atom stereocenters. The highest BCUT2D eigenvalue weighted by Gasteiger charge is 2.12. The molecule has 0 aliphatic heterocycles. The molecule has 4 heteroatoms. The van der Waals surface area contributed by atoms with Crippen molar-refractivity contribution in [3.8, 4) is 0 Å². The molecule has 1 unspecified atom stereocenters. The van der Waals surface area contributed by atoms with Gasteiger partial charge in [-0.3, -0.25) is 0 Å². The van der Waals surface area contributed by atoms with Gasteiger partial charge in [-0.25, -0.2) is 0 Å². The average Bonchev–Trinajstić information content (AvgIpc) is 2.21. The fraction of sp³-hybridized carbons (Fsp3) is 0.500. The van der Waals surface area contributed by atoms with Crippen LogP contribution in [0, 0.1) is 5.92 Å². The monoisotopic (exact) mass is 277 g/mol. The van der Waals surface area contributed by atoms with E-state index >= 15 is 0 Å². The molecule has 2 N–H and O–H groups in total. The maximum absolute atomic E-state index is 6.11. The molecule has 0 aromatic heterocycles. The summed E-state index contributed by atoms with van der Waals surface area (Å²) in [4.78, 5) is 0. The Labute approximate surface area is 112 Å². The van der Waals surface area contributed by atoms with E-state index in [4.69, 9.17) is 28.9 Å². The second kappa shape index (κ2) is 6.75. The summed E-state index contributed by atoms with van der Waals surface area (Å²) in [6.07, 6.45) is 0. The van der Waals surface area contributed by atoms with Crippen LogP contribution in [-0.2, 0) is 0 Å². The van der Waals surface area contributed by atoms with E-state index in [1.54, 1.807) is 6.07 Å². The van der Waals surface area contributed by atoms with Crippen LogP contribution in [0.3, 0.4) is 0 Å². The molecule has 1 nitrogen and oxygen atoms in total. The van der Waals surface area contributed by atoms with Crippen molar-refractivity contribution < 1.29 is 0 Å². The third-order valence-electron chi connectivity index (χ3n) is 2.13. The van der Waals surface area contributed by atoms with Gasteiger partial charge in [0, 0.05) is 11.8 Å². The number of hydrogen-bond acceptors (Lipinski definition) is 2. The Balaban J connectivity index is 2.59. The van der Waals surface area contributed by atoms with Gasteiger partial charge < -0.3 is 5.73 Å². The molecule has 0 heterocycles. The van der Waals surface area contributed by atoms with Gasteiger partial charge in [-0.2, -0.15) is 11.8 Å². The van der Waals surface area contributed by atoms with Crippen LogP contribution < -0.4 is 5.73 Å². The molecule has 0 saturated heterocycles. The predicted molar refractivity (Wildman–Crippen MR) is 75.6 cm³/mol. The van der Waals surface area contributed by atoms with Crippen molar-refractivity contribution in [1.82, 2.24) is 0 Å². The van der Waals surface area contributed by atoms with E-state index in [9.17, 15) is 0 Å². The van der Waals surface area contributed by atoms with Crippen LogP contribution in [0.2, 0.25) is 10.0 Å². The highest BCUT2D eigenvalue weighted by Crippen LogP contribution is 2.30. The maximum atomic E-state index is 6.11. The van der Waals surface area contributed by atoms with Gasteiger partial charge in [0.2, 0.25) is 0 Å². The topological polar surface area (TPSA) is 26.0 Å². The zero-order valence-electron chi connectivity index (χ0n) is 9.54. The van der Waals surface area contributed by atoms with Crippen molar-refractivity contribution in [3.05, 3.63) is 33.8 Å². The van der Waals surface area contributed by atoms with E-state index in [1.165, 1.54) is 0 Å². The summed E-state index contributed by atoms with van der Waals surface area (Å²) in [5, 5.41) is 1.16. The Morgan fingerprint density at radius 1 is 1.25 bits per heavy atom. The van der Waals surface area contributed by atoms with Crippen LogP contribution in [0.25, 0.3) is 0 Å². The Hall–Kier alpha value is 0.110. The molecule has 1 aromatic rings. The molecule has 0 fully saturated rings. The van der Waals surface area contributed by atoms with Gasteiger partial charge in [0.25, 0.3) is 0 Å². The van der Waals surface area contributed by atoms with Crippen molar-refractivity contribution in [1.29, 1.82) is 0 Å². The van der Waals surface area contributed by atoms with Crippen molar-refractivity contribution >= 4 is 35.0 Å². The Bertz CT molecular complexity index is 342. The largest absolute Gasteiger partial charge is 0.323 e. The summed E-state index contributed by atoms with van der Waals surface area (Å²) < 4.78 is 0. The standard InChI is InChI=1S/C12H17Cl2NS/c1-8(2)6-16-7-11(15)9-4-3-5-10(13)12(9)14/h3-5,8,11H,6-7,15H2,1-2H3. The molecule has 0 aliphatic carbocycles. The molecule has 90 valence electrons. The molecule has 0 spiro atoms. The zero-order chi connectivity index (χ0) is 12.1. The van der Waals surface area contributed by atoms with E-state index in [2.05, 4.69) is 13.8 Å². The van der Waals surface area contributed by atoms with Crippen molar-refractivity contribution in [3.63, 3.8) is 0 Å². The molecular weight excluding hydrogens is 261 g/mol. The summed E-state index contributed by atoms with van der Waals surface area (Å²) in [6.45, 7) is 4.40. The maximum Gasteiger partial charge on any atom is 0.0640 e. The molecule has 0 aliphatic rings. The van der Waals surface area contributed by atoms with Gasteiger partial charge in [-0.15, -0.1) is 0 Å². The van der Waals surface area contributed by atoms with Gasteiger partial charge in [0.05, 0.1) is 10.0 Å². The Morgan fingerprint density at radius 3 is 2.56 bits per heavy atom. The number of benzene rings is 1.